The normalized spacial score (nSPS) is 10.4. The van der Waals surface area contributed by atoms with Crippen LogP contribution in [0.25, 0.3) is 0 Å². The number of thiocarbonyl (C=S) groups is 1. The Hall–Kier alpha value is -1.46. The number of hydrogen-bond donors (Lipinski definition) is 1. The summed E-state index contributed by atoms with van der Waals surface area (Å²) < 4.78 is 0.677. The second-order valence-electron chi connectivity index (χ2n) is 3.96. The van der Waals surface area contributed by atoms with E-state index in [-0.39, 0.29) is 5.78 Å². The quantitative estimate of drug-likeness (QED) is 0.678. The standard InChI is InChI=1S/C14H14N2OS2/c1-2-13-15-8-11(16-13)14(18)19-9-12(17)10-6-4-3-5-7-10/h3-8H,2,9H2,1H3,(H,15,16). The molecule has 3 nitrogen and oxygen atoms in total. The molecule has 0 radical (unpaired) electrons. The molecule has 98 valence electrons. The summed E-state index contributed by atoms with van der Waals surface area (Å²) in [7, 11) is 0. The number of H-pyrrole nitrogens is 1. The van der Waals surface area contributed by atoms with Crippen LogP contribution in [-0.2, 0) is 6.42 Å². The molecular formula is C14H14N2OS2. The van der Waals surface area contributed by atoms with Gasteiger partial charge < -0.3 is 4.98 Å². The highest BCUT2D eigenvalue weighted by Crippen LogP contribution is 2.14. The van der Waals surface area contributed by atoms with Gasteiger partial charge in [-0.25, -0.2) is 4.98 Å². The van der Waals surface area contributed by atoms with E-state index in [1.807, 2.05) is 37.3 Å². The Kier molecular flexibility index (Phi) is 4.87. The average molecular weight is 290 g/mol. The van der Waals surface area contributed by atoms with Crippen LogP contribution in [0.2, 0.25) is 0 Å². The molecule has 5 heteroatoms. The van der Waals surface area contributed by atoms with Gasteiger partial charge in [0.05, 0.1) is 21.8 Å². The highest BCUT2D eigenvalue weighted by Gasteiger charge is 2.10. The second kappa shape index (κ2) is 6.63. The van der Waals surface area contributed by atoms with Crippen LogP contribution in [0.5, 0.6) is 0 Å². The van der Waals surface area contributed by atoms with Crippen LogP contribution < -0.4 is 0 Å². The number of benzene rings is 1. The van der Waals surface area contributed by atoms with Crippen LogP contribution in [0, 0.1) is 0 Å². The summed E-state index contributed by atoms with van der Waals surface area (Å²) in [6, 6.07) is 9.25. The number of nitrogens with zero attached hydrogens (tertiary/aromatic N) is 1. The highest BCUT2D eigenvalue weighted by molar-refractivity contribution is 8.24. The number of ketones is 1. The van der Waals surface area contributed by atoms with Crippen molar-refractivity contribution < 1.29 is 4.79 Å². The van der Waals surface area contributed by atoms with Crippen molar-refractivity contribution >= 4 is 34.0 Å². The molecule has 0 fully saturated rings. The van der Waals surface area contributed by atoms with Crippen LogP contribution in [0.4, 0.5) is 0 Å². The van der Waals surface area contributed by atoms with Gasteiger partial charge in [0.25, 0.3) is 0 Å². The summed E-state index contributed by atoms with van der Waals surface area (Å²) in [5.41, 5.74) is 1.54. The lowest BCUT2D eigenvalue weighted by atomic mass is 10.2. The van der Waals surface area contributed by atoms with Crippen molar-refractivity contribution in [2.24, 2.45) is 0 Å². The monoisotopic (exact) mass is 290 g/mol. The van der Waals surface area contributed by atoms with Crippen LogP contribution in [0.3, 0.4) is 0 Å². The maximum Gasteiger partial charge on any atom is 0.173 e. The number of nitrogens with one attached hydrogen (secondary N) is 1. The lowest BCUT2D eigenvalue weighted by Crippen LogP contribution is -2.05. The Morgan fingerprint density at radius 2 is 2.11 bits per heavy atom. The first-order valence-corrected chi connectivity index (χ1v) is 7.39. The topological polar surface area (TPSA) is 45.8 Å². The zero-order valence-corrected chi connectivity index (χ0v) is 12.2. The number of aromatic nitrogens is 2. The first-order chi connectivity index (χ1) is 9.20. The Morgan fingerprint density at radius 1 is 1.37 bits per heavy atom. The number of imidazole rings is 1. The summed E-state index contributed by atoms with van der Waals surface area (Å²) in [6.07, 6.45) is 2.57. The first-order valence-electron chi connectivity index (χ1n) is 6.00. The predicted octanol–water partition coefficient (Wildman–Crippen LogP) is 3.26. The molecule has 0 saturated carbocycles. The Morgan fingerprint density at radius 3 is 2.74 bits per heavy atom. The number of hydrogen-bond acceptors (Lipinski definition) is 4. The van der Waals surface area contributed by atoms with E-state index >= 15 is 0 Å². The van der Waals surface area contributed by atoms with Gasteiger partial charge in [-0.15, -0.1) is 11.8 Å². The number of Topliss-reactive ketones (excluding diaryl/α,β-unsaturated/α-hetero) is 1. The molecule has 0 aliphatic carbocycles. The molecule has 1 heterocycles. The molecule has 19 heavy (non-hydrogen) atoms. The largest absolute Gasteiger partial charge is 0.341 e. The third-order valence-corrected chi connectivity index (χ3v) is 4.08. The Balaban J connectivity index is 1.92. The third-order valence-electron chi connectivity index (χ3n) is 2.61. The lowest BCUT2D eigenvalue weighted by Gasteiger charge is -2.01. The third kappa shape index (κ3) is 3.75. The first kappa shape index (κ1) is 14.0. The van der Waals surface area contributed by atoms with Gasteiger partial charge in [-0.2, -0.15) is 0 Å². The molecule has 0 aliphatic rings. The molecule has 1 aromatic heterocycles. The van der Waals surface area contributed by atoms with Crippen LogP contribution in [0.15, 0.2) is 36.5 Å². The van der Waals surface area contributed by atoms with Gasteiger partial charge in [0.2, 0.25) is 0 Å². The second-order valence-corrected chi connectivity index (χ2v) is 5.61. The van der Waals surface area contributed by atoms with Gasteiger partial charge in [-0.1, -0.05) is 49.5 Å². The maximum absolute atomic E-state index is 11.9. The molecule has 0 atom stereocenters. The minimum absolute atomic E-state index is 0.0863. The van der Waals surface area contributed by atoms with E-state index in [1.165, 1.54) is 11.8 Å². The molecule has 0 saturated heterocycles. The van der Waals surface area contributed by atoms with Gasteiger partial charge in [0.1, 0.15) is 5.82 Å². The van der Waals surface area contributed by atoms with Crippen molar-refractivity contribution in [3.05, 3.63) is 53.6 Å². The van der Waals surface area contributed by atoms with Gasteiger partial charge in [-0.3, -0.25) is 4.79 Å². The van der Waals surface area contributed by atoms with Crippen molar-refractivity contribution in [1.82, 2.24) is 9.97 Å². The van der Waals surface area contributed by atoms with E-state index in [1.54, 1.807) is 6.20 Å². The SMILES string of the molecule is CCc1ncc(C(=S)SCC(=O)c2ccccc2)[nH]1. The zero-order valence-electron chi connectivity index (χ0n) is 10.6. The van der Waals surface area contributed by atoms with Crippen LogP contribution >= 0.6 is 24.0 Å². The molecule has 2 aromatic rings. The van der Waals surface area contributed by atoms with Crippen LogP contribution in [-0.4, -0.2) is 25.7 Å². The van der Waals surface area contributed by atoms with Crippen molar-refractivity contribution in [2.45, 2.75) is 13.3 Å². The molecule has 0 unspecified atom stereocenters. The number of aryl methyl sites for hydroxylation is 1. The number of carbonyl (C=O) groups excluding carboxylic acids is 1. The molecule has 1 aromatic carbocycles. The maximum atomic E-state index is 11.9. The van der Waals surface area contributed by atoms with Crippen molar-refractivity contribution in [3.8, 4) is 0 Å². The Labute approximate surface area is 121 Å². The molecule has 0 amide bonds. The molecule has 0 aliphatic heterocycles. The van der Waals surface area contributed by atoms with Gasteiger partial charge in [-0.05, 0) is 0 Å². The molecule has 2 rings (SSSR count). The van der Waals surface area contributed by atoms with Gasteiger partial charge in [0, 0.05) is 12.0 Å². The number of aromatic amines is 1. The summed E-state index contributed by atoms with van der Waals surface area (Å²) in [6.45, 7) is 2.03. The average Bonchev–Trinajstić information content (AvgIpc) is 2.94. The molecule has 0 spiro atoms. The fourth-order valence-electron chi connectivity index (χ4n) is 1.56. The smallest absolute Gasteiger partial charge is 0.173 e. The highest BCUT2D eigenvalue weighted by atomic mass is 32.2. The molecule has 0 bridgehead atoms. The van der Waals surface area contributed by atoms with Crippen molar-refractivity contribution in [3.63, 3.8) is 0 Å². The summed E-state index contributed by atoms with van der Waals surface area (Å²) in [5.74, 6) is 1.35. The Bertz CT molecular complexity index is 578. The van der Waals surface area contributed by atoms with Crippen molar-refractivity contribution in [1.29, 1.82) is 0 Å². The molecular weight excluding hydrogens is 276 g/mol. The lowest BCUT2D eigenvalue weighted by molar-refractivity contribution is 0.102. The zero-order chi connectivity index (χ0) is 13.7. The predicted molar refractivity (Wildman–Crippen MR) is 82.9 cm³/mol. The fraction of sp³-hybridized carbons (Fsp3) is 0.214. The number of rotatable bonds is 5. The summed E-state index contributed by atoms with van der Waals surface area (Å²) in [4.78, 5) is 19.3. The van der Waals surface area contributed by atoms with Crippen LogP contribution in [0.1, 0.15) is 28.8 Å². The molecule has 1 N–H and O–H groups in total. The van der Waals surface area contributed by atoms with E-state index in [0.29, 0.717) is 9.95 Å². The van der Waals surface area contributed by atoms with E-state index in [9.17, 15) is 4.79 Å². The van der Waals surface area contributed by atoms with E-state index in [0.717, 1.165) is 23.5 Å². The van der Waals surface area contributed by atoms with Gasteiger partial charge in [0.15, 0.2) is 5.78 Å². The van der Waals surface area contributed by atoms with E-state index in [4.69, 9.17) is 12.2 Å². The van der Waals surface area contributed by atoms with Gasteiger partial charge >= 0.3 is 0 Å². The van der Waals surface area contributed by atoms with E-state index < -0.39 is 0 Å². The minimum atomic E-state index is 0.0863. The summed E-state index contributed by atoms with van der Waals surface area (Å²) >= 11 is 6.66. The van der Waals surface area contributed by atoms with Crippen molar-refractivity contribution in [2.75, 3.05) is 5.75 Å². The minimum Gasteiger partial charge on any atom is -0.341 e. The van der Waals surface area contributed by atoms with E-state index in [2.05, 4.69) is 9.97 Å². The number of thioether (sulfide) groups is 1. The summed E-state index contributed by atoms with van der Waals surface area (Å²) in [5, 5.41) is 0. The fourth-order valence-corrected chi connectivity index (χ4v) is 2.53. The number of carbonyl (C=O) groups is 1.